The van der Waals surface area contributed by atoms with E-state index < -0.39 is 5.91 Å². The van der Waals surface area contributed by atoms with E-state index in [0.717, 1.165) is 16.0 Å². The summed E-state index contributed by atoms with van der Waals surface area (Å²) in [4.78, 5) is 27.1. The number of oxazole rings is 1. The van der Waals surface area contributed by atoms with Gasteiger partial charge in [0.2, 0.25) is 5.89 Å². The summed E-state index contributed by atoms with van der Waals surface area (Å²) in [6, 6.07) is 9.78. The molecule has 3 aromatic rings. The molecule has 24 heavy (non-hydrogen) atoms. The van der Waals surface area contributed by atoms with Gasteiger partial charge in [0.25, 0.3) is 11.5 Å². The van der Waals surface area contributed by atoms with Crippen LogP contribution in [-0.4, -0.2) is 27.8 Å². The average Bonchev–Trinajstić information content (AvgIpc) is 3.05. The second-order valence-electron chi connectivity index (χ2n) is 4.93. The topological polar surface area (TPSA) is 113 Å². The van der Waals surface area contributed by atoms with E-state index in [0.29, 0.717) is 5.76 Å². The molecular formula is C16H14N4O4. The number of rotatable bonds is 5. The molecule has 1 aromatic carbocycles. The van der Waals surface area contributed by atoms with Gasteiger partial charge < -0.3 is 14.9 Å². The number of ether oxygens (including phenoxy) is 1. The second kappa shape index (κ2) is 6.37. The molecule has 0 atom stereocenters. The van der Waals surface area contributed by atoms with Crippen molar-refractivity contribution in [3.8, 4) is 17.1 Å². The fraction of sp³-hybridized carbons (Fsp3) is 0.125. The number of aromatic nitrogens is 3. The van der Waals surface area contributed by atoms with Gasteiger partial charge in [-0.3, -0.25) is 9.59 Å². The van der Waals surface area contributed by atoms with Crippen LogP contribution in [0, 0.1) is 0 Å². The Hall–Kier alpha value is -3.42. The van der Waals surface area contributed by atoms with Crippen molar-refractivity contribution in [2.75, 3.05) is 7.11 Å². The molecule has 0 saturated carbocycles. The lowest BCUT2D eigenvalue weighted by molar-refractivity contribution is 0.0993. The fourth-order valence-electron chi connectivity index (χ4n) is 2.09. The van der Waals surface area contributed by atoms with Crippen LogP contribution in [0.25, 0.3) is 11.3 Å². The number of primary amides is 1. The SMILES string of the molecule is COc1ccc(-c2cnc(Cn3nc(C(N)=O)ccc3=O)o2)cc1. The zero-order chi connectivity index (χ0) is 17.1. The first-order valence-electron chi connectivity index (χ1n) is 7.04. The van der Waals surface area contributed by atoms with Gasteiger partial charge in [-0.25, -0.2) is 9.67 Å². The number of hydrogen-bond donors (Lipinski definition) is 1. The summed E-state index contributed by atoms with van der Waals surface area (Å²) < 4.78 is 11.8. The molecule has 8 nitrogen and oxygen atoms in total. The minimum Gasteiger partial charge on any atom is -0.497 e. The maximum absolute atomic E-state index is 11.8. The van der Waals surface area contributed by atoms with Crippen LogP contribution in [-0.2, 0) is 6.54 Å². The molecule has 122 valence electrons. The molecule has 0 aliphatic rings. The van der Waals surface area contributed by atoms with Crippen molar-refractivity contribution in [1.29, 1.82) is 0 Å². The highest BCUT2D eigenvalue weighted by atomic mass is 16.5. The number of carbonyl (C=O) groups is 1. The molecule has 2 aromatic heterocycles. The van der Waals surface area contributed by atoms with Gasteiger partial charge in [0.15, 0.2) is 5.76 Å². The molecule has 0 unspecified atom stereocenters. The largest absolute Gasteiger partial charge is 0.497 e. The third kappa shape index (κ3) is 3.17. The van der Waals surface area contributed by atoms with E-state index in [-0.39, 0.29) is 23.7 Å². The summed E-state index contributed by atoms with van der Waals surface area (Å²) in [5.74, 6) is 0.858. The minimum atomic E-state index is -0.713. The Morgan fingerprint density at radius 1 is 1.25 bits per heavy atom. The van der Waals surface area contributed by atoms with Crippen LogP contribution < -0.4 is 16.0 Å². The Bertz CT molecular complexity index is 928. The van der Waals surface area contributed by atoms with Crippen molar-refractivity contribution >= 4 is 5.91 Å². The molecule has 1 amide bonds. The number of methoxy groups -OCH3 is 1. The van der Waals surface area contributed by atoms with Crippen molar-refractivity contribution in [2.45, 2.75) is 6.54 Å². The van der Waals surface area contributed by atoms with E-state index in [1.807, 2.05) is 12.1 Å². The average molecular weight is 326 g/mol. The molecular weight excluding hydrogens is 312 g/mol. The Balaban J connectivity index is 1.85. The summed E-state index contributed by atoms with van der Waals surface area (Å²) in [6.45, 7) is -0.00386. The molecule has 0 bridgehead atoms. The molecule has 3 rings (SSSR count). The predicted molar refractivity (Wildman–Crippen MR) is 84.6 cm³/mol. The number of hydrogen-bond acceptors (Lipinski definition) is 6. The number of benzene rings is 1. The van der Waals surface area contributed by atoms with Gasteiger partial charge in [0.05, 0.1) is 13.3 Å². The number of nitrogens with zero attached hydrogens (tertiary/aromatic N) is 3. The first-order valence-corrected chi connectivity index (χ1v) is 7.04. The lowest BCUT2D eigenvalue weighted by Gasteiger charge is -2.03. The van der Waals surface area contributed by atoms with Gasteiger partial charge in [-0.05, 0) is 30.3 Å². The summed E-state index contributed by atoms with van der Waals surface area (Å²) in [5, 5.41) is 3.88. The Morgan fingerprint density at radius 3 is 2.67 bits per heavy atom. The molecule has 0 saturated heterocycles. The van der Waals surface area contributed by atoms with Crippen molar-refractivity contribution in [3.05, 3.63) is 64.5 Å². The first-order chi connectivity index (χ1) is 11.6. The van der Waals surface area contributed by atoms with Crippen LogP contribution in [0.4, 0.5) is 0 Å². The second-order valence-corrected chi connectivity index (χ2v) is 4.93. The Morgan fingerprint density at radius 2 is 2.00 bits per heavy atom. The molecule has 2 heterocycles. The molecule has 0 aliphatic carbocycles. The van der Waals surface area contributed by atoms with Gasteiger partial charge >= 0.3 is 0 Å². The first kappa shape index (κ1) is 15.5. The highest BCUT2D eigenvalue weighted by molar-refractivity contribution is 5.90. The molecule has 0 radical (unpaired) electrons. The van der Waals surface area contributed by atoms with Gasteiger partial charge in [-0.1, -0.05) is 0 Å². The summed E-state index contributed by atoms with van der Waals surface area (Å²) in [6.07, 6.45) is 1.56. The molecule has 0 spiro atoms. The van der Waals surface area contributed by atoms with Gasteiger partial charge in [-0.15, -0.1) is 0 Å². The zero-order valence-electron chi connectivity index (χ0n) is 12.8. The van der Waals surface area contributed by atoms with Crippen molar-refractivity contribution in [1.82, 2.24) is 14.8 Å². The van der Waals surface area contributed by atoms with E-state index >= 15 is 0 Å². The van der Waals surface area contributed by atoms with Crippen LogP contribution in [0.5, 0.6) is 5.75 Å². The van der Waals surface area contributed by atoms with E-state index in [2.05, 4.69) is 10.1 Å². The molecule has 8 heteroatoms. The standard InChI is InChI=1S/C16H14N4O4/c1-23-11-4-2-10(3-5-11)13-8-18-14(24-13)9-20-15(21)7-6-12(19-20)16(17)22/h2-8H,9H2,1H3,(H2,17,22). The minimum absolute atomic E-state index is 0.00321. The van der Waals surface area contributed by atoms with Crippen LogP contribution in [0.15, 0.2) is 51.8 Å². The van der Waals surface area contributed by atoms with Gasteiger partial charge in [0.1, 0.15) is 18.0 Å². The monoisotopic (exact) mass is 326 g/mol. The van der Waals surface area contributed by atoms with E-state index in [9.17, 15) is 9.59 Å². The Kier molecular flexibility index (Phi) is 4.11. The predicted octanol–water partition coefficient (Wildman–Crippen LogP) is 1.05. The van der Waals surface area contributed by atoms with Crippen molar-refractivity contribution < 1.29 is 13.9 Å². The summed E-state index contributed by atoms with van der Waals surface area (Å²) >= 11 is 0. The van der Waals surface area contributed by atoms with E-state index in [4.69, 9.17) is 14.9 Å². The van der Waals surface area contributed by atoms with Gasteiger partial charge in [-0.2, -0.15) is 5.10 Å². The van der Waals surface area contributed by atoms with Crippen LogP contribution in [0.3, 0.4) is 0 Å². The van der Waals surface area contributed by atoms with Crippen LogP contribution >= 0.6 is 0 Å². The third-order valence-corrected chi connectivity index (χ3v) is 3.33. The maximum atomic E-state index is 11.8. The van der Waals surface area contributed by atoms with E-state index in [1.54, 1.807) is 25.4 Å². The van der Waals surface area contributed by atoms with E-state index in [1.165, 1.54) is 12.1 Å². The van der Waals surface area contributed by atoms with Crippen molar-refractivity contribution in [3.63, 3.8) is 0 Å². The number of amides is 1. The normalized spacial score (nSPS) is 10.5. The lowest BCUT2D eigenvalue weighted by atomic mass is 10.2. The molecule has 0 aliphatic heterocycles. The highest BCUT2D eigenvalue weighted by Crippen LogP contribution is 2.23. The summed E-state index contributed by atoms with van der Waals surface area (Å²) in [5.41, 5.74) is 5.60. The van der Waals surface area contributed by atoms with Crippen LogP contribution in [0.2, 0.25) is 0 Å². The van der Waals surface area contributed by atoms with Gasteiger partial charge in [0, 0.05) is 11.6 Å². The highest BCUT2D eigenvalue weighted by Gasteiger charge is 2.11. The van der Waals surface area contributed by atoms with Crippen molar-refractivity contribution in [2.24, 2.45) is 5.73 Å². The maximum Gasteiger partial charge on any atom is 0.269 e. The lowest BCUT2D eigenvalue weighted by Crippen LogP contribution is -2.26. The van der Waals surface area contributed by atoms with Crippen LogP contribution in [0.1, 0.15) is 16.4 Å². The summed E-state index contributed by atoms with van der Waals surface area (Å²) in [7, 11) is 1.59. The molecule has 0 fully saturated rings. The third-order valence-electron chi connectivity index (χ3n) is 3.33. The number of nitrogens with two attached hydrogens (primary N) is 1. The Labute approximate surface area is 136 Å². The zero-order valence-corrected chi connectivity index (χ0v) is 12.8. The molecule has 2 N–H and O–H groups in total. The fourth-order valence-corrected chi connectivity index (χ4v) is 2.09. The smallest absolute Gasteiger partial charge is 0.269 e. The number of carbonyl (C=O) groups excluding carboxylic acids is 1. The quantitative estimate of drug-likeness (QED) is 0.750.